The van der Waals surface area contributed by atoms with Gasteiger partial charge in [-0.3, -0.25) is 0 Å². The van der Waals surface area contributed by atoms with E-state index in [-0.39, 0.29) is 6.04 Å². The Morgan fingerprint density at radius 3 is 2.53 bits per heavy atom. The number of anilines is 1. The fourth-order valence-electron chi connectivity index (χ4n) is 2.15. The average molecular weight is 319 g/mol. The summed E-state index contributed by atoms with van der Waals surface area (Å²) in [5, 5.41) is 3.50. The Morgan fingerprint density at radius 1 is 1.16 bits per heavy atom. The van der Waals surface area contributed by atoms with Crippen molar-refractivity contribution >= 4 is 21.6 Å². The number of nitrogens with one attached hydrogen (secondary N) is 1. The first-order valence-corrected chi connectivity index (χ1v) is 7.24. The summed E-state index contributed by atoms with van der Waals surface area (Å²) in [6.07, 6.45) is 0.933. The molecule has 0 aliphatic heterocycles. The first-order valence-electron chi connectivity index (χ1n) is 6.45. The van der Waals surface area contributed by atoms with E-state index < -0.39 is 0 Å². The predicted molar refractivity (Wildman–Crippen MR) is 85.5 cm³/mol. The maximum Gasteiger partial charge on any atom is 0.0424 e. The molecule has 0 radical (unpaired) electrons. The summed E-state index contributed by atoms with van der Waals surface area (Å²) in [6, 6.07) is 17.0. The van der Waals surface area contributed by atoms with Gasteiger partial charge in [-0.1, -0.05) is 46.3 Å². The molecule has 0 fully saturated rings. The molecule has 19 heavy (non-hydrogen) atoms. The average Bonchev–Trinajstić information content (AvgIpc) is 2.38. The van der Waals surface area contributed by atoms with Crippen LogP contribution < -0.4 is 11.1 Å². The number of hydrogen-bond acceptors (Lipinski definition) is 2. The van der Waals surface area contributed by atoms with Gasteiger partial charge in [0.25, 0.3) is 0 Å². The van der Waals surface area contributed by atoms with E-state index in [4.69, 9.17) is 5.73 Å². The molecule has 2 aromatic carbocycles. The van der Waals surface area contributed by atoms with Crippen LogP contribution in [0.2, 0.25) is 0 Å². The van der Waals surface area contributed by atoms with E-state index in [9.17, 15) is 0 Å². The van der Waals surface area contributed by atoms with Gasteiger partial charge in [-0.05, 0) is 42.7 Å². The summed E-state index contributed by atoms with van der Waals surface area (Å²) in [6.45, 7) is 2.70. The van der Waals surface area contributed by atoms with Crippen molar-refractivity contribution in [2.75, 3.05) is 11.9 Å². The summed E-state index contributed by atoms with van der Waals surface area (Å²) < 4.78 is 1.09. The molecule has 1 unspecified atom stereocenters. The molecule has 0 saturated carbocycles. The molecule has 0 aliphatic carbocycles. The first-order chi connectivity index (χ1) is 9.17. The number of rotatable bonds is 5. The molecule has 100 valence electrons. The molecule has 2 rings (SSSR count). The van der Waals surface area contributed by atoms with E-state index in [0.29, 0.717) is 6.54 Å². The third kappa shape index (κ3) is 4.37. The lowest BCUT2D eigenvalue weighted by molar-refractivity contribution is 0.724. The minimum absolute atomic E-state index is 0.246. The summed E-state index contributed by atoms with van der Waals surface area (Å²) in [5.41, 5.74) is 9.51. The molecule has 3 N–H and O–H groups in total. The zero-order chi connectivity index (χ0) is 13.7. The van der Waals surface area contributed by atoms with Crippen molar-refractivity contribution in [3.05, 3.63) is 64.1 Å². The topological polar surface area (TPSA) is 38.0 Å². The van der Waals surface area contributed by atoms with Gasteiger partial charge in [0.05, 0.1) is 0 Å². The van der Waals surface area contributed by atoms with Crippen LogP contribution in [0.25, 0.3) is 0 Å². The fourth-order valence-corrected chi connectivity index (χ4v) is 2.75. The Bertz CT molecular complexity index is 505. The van der Waals surface area contributed by atoms with Gasteiger partial charge in [-0.25, -0.2) is 0 Å². The van der Waals surface area contributed by atoms with Gasteiger partial charge in [0.2, 0.25) is 0 Å². The van der Waals surface area contributed by atoms with Gasteiger partial charge in [-0.15, -0.1) is 0 Å². The molecule has 1 atom stereocenters. The van der Waals surface area contributed by atoms with E-state index in [2.05, 4.69) is 70.6 Å². The maximum absolute atomic E-state index is 5.87. The molecule has 0 heterocycles. The normalized spacial score (nSPS) is 12.2. The second-order valence-electron chi connectivity index (χ2n) is 4.78. The van der Waals surface area contributed by atoms with Crippen LogP contribution in [0.15, 0.2) is 53.0 Å². The summed E-state index contributed by atoms with van der Waals surface area (Å²) >= 11 is 3.52. The van der Waals surface area contributed by atoms with Crippen molar-refractivity contribution in [3.8, 4) is 0 Å². The Morgan fingerprint density at radius 2 is 1.89 bits per heavy atom. The molecule has 3 heteroatoms. The second kappa shape index (κ2) is 6.73. The van der Waals surface area contributed by atoms with Crippen molar-refractivity contribution in [1.82, 2.24) is 0 Å². The van der Waals surface area contributed by atoms with Crippen LogP contribution in [0.4, 0.5) is 5.69 Å². The Kier molecular flexibility index (Phi) is 5.00. The van der Waals surface area contributed by atoms with Crippen molar-refractivity contribution in [3.63, 3.8) is 0 Å². The highest BCUT2D eigenvalue weighted by molar-refractivity contribution is 9.10. The fraction of sp³-hybridized carbons (Fsp3) is 0.250. The third-order valence-electron chi connectivity index (χ3n) is 3.02. The molecule has 0 spiro atoms. The molecule has 0 aliphatic rings. The van der Waals surface area contributed by atoms with Crippen LogP contribution in [0, 0.1) is 6.92 Å². The largest absolute Gasteiger partial charge is 0.381 e. The molecule has 0 bridgehead atoms. The van der Waals surface area contributed by atoms with E-state index in [1.165, 1.54) is 11.1 Å². The highest BCUT2D eigenvalue weighted by Crippen LogP contribution is 2.20. The highest BCUT2D eigenvalue weighted by atomic mass is 79.9. The monoisotopic (exact) mass is 318 g/mol. The van der Waals surface area contributed by atoms with Crippen LogP contribution in [0.5, 0.6) is 0 Å². The lowest BCUT2D eigenvalue weighted by Gasteiger charge is -2.19. The van der Waals surface area contributed by atoms with Crippen molar-refractivity contribution < 1.29 is 0 Å². The number of halogens is 1. The van der Waals surface area contributed by atoms with Crippen molar-refractivity contribution in [2.24, 2.45) is 5.73 Å². The predicted octanol–water partition coefficient (Wildman–Crippen LogP) is 3.74. The van der Waals surface area contributed by atoms with Gasteiger partial charge in [-0.2, -0.15) is 0 Å². The van der Waals surface area contributed by atoms with Gasteiger partial charge >= 0.3 is 0 Å². The summed E-state index contributed by atoms with van der Waals surface area (Å²) in [5.74, 6) is 0. The lowest BCUT2D eigenvalue weighted by atomic mass is 10.1. The number of hydrogen-bond donors (Lipinski definition) is 2. The number of nitrogens with two attached hydrogens (primary N) is 1. The molecule has 0 saturated heterocycles. The lowest BCUT2D eigenvalue weighted by Crippen LogP contribution is -2.31. The number of aryl methyl sites for hydroxylation is 1. The van der Waals surface area contributed by atoms with E-state index in [1.807, 2.05) is 6.07 Å². The molecular formula is C16H19BrN2. The van der Waals surface area contributed by atoms with E-state index in [1.54, 1.807) is 0 Å². The van der Waals surface area contributed by atoms with Crippen LogP contribution in [0.1, 0.15) is 11.1 Å². The zero-order valence-electron chi connectivity index (χ0n) is 11.1. The first kappa shape index (κ1) is 14.1. The quantitative estimate of drug-likeness (QED) is 0.881. The van der Waals surface area contributed by atoms with Gasteiger partial charge < -0.3 is 11.1 Å². The molecule has 2 nitrogen and oxygen atoms in total. The van der Waals surface area contributed by atoms with E-state index in [0.717, 1.165) is 16.6 Å². The molecule has 0 amide bonds. The van der Waals surface area contributed by atoms with Crippen molar-refractivity contribution in [2.45, 2.75) is 19.4 Å². The van der Waals surface area contributed by atoms with Crippen LogP contribution >= 0.6 is 15.9 Å². The standard InChI is InChI=1S/C16H19BrN2/c1-12-7-14(17)10-15(8-12)19-16(11-18)9-13-5-3-2-4-6-13/h2-8,10,16,19H,9,11,18H2,1H3. The number of benzene rings is 2. The second-order valence-corrected chi connectivity index (χ2v) is 5.70. The van der Waals surface area contributed by atoms with Gasteiger partial charge in [0.15, 0.2) is 0 Å². The van der Waals surface area contributed by atoms with Crippen LogP contribution in [-0.4, -0.2) is 12.6 Å². The van der Waals surface area contributed by atoms with Crippen LogP contribution in [-0.2, 0) is 6.42 Å². The SMILES string of the molecule is Cc1cc(Br)cc(NC(CN)Cc2ccccc2)c1. The van der Waals surface area contributed by atoms with E-state index >= 15 is 0 Å². The van der Waals surface area contributed by atoms with Crippen LogP contribution in [0.3, 0.4) is 0 Å². The summed E-state index contributed by atoms with van der Waals surface area (Å²) in [7, 11) is 0. The maximum atomic E-state index is 5.87. The Balaban J connectivity index is 2.06. The smallest absolute Gasteiger partial charge is 0.0424 e. The molecular weight excluding hydrogens is 300 g/mol. The zero-order valence-corrected chi connectivity index (χ0v) is 12.7. The molecule has 2 aromatic rings. The minimum Gasteiger partial charge on any atom is -0.381 e. The summed E-state index contributed by atoms with van der Waals surface area (Å²) in [4.78, 5) is 0. The van der Waals surface area contributed by atoms with Gasteiger partial charge in [0, 0.05) is 22.7 Å². The van der Waals surface area contributed by atoms with Crippen molar-refractivity contribution in [1.29, 1.82) is 0 Å². The Hall–Kier alpha value is -1.32. The van der Waals surface area contributed by atoms with Gasteiger partial charge in [0.1, 0.15) is 0 Å². The molecule has 0 aromatic heterocycles. The highest BCUT2D eigenvalue weighted by Gasteiger charge is 2.08. The minimum atomic E-state index is 0.246. The third-order valence-corrected chi connectivity index (χ3v) is 3.48. The Labute approximate surface area is 123 Å².